The molecule has 0 saturated carbocycles. The van der Waals surface area contributed by atoms with Crippen molar-refractivity contribution in [2.75, 3.05) is 24.2 Å². The van der Waals surface area contributed by atoms with Gasteiger partial charge in [-0.25, -0.2) is 4.79 Å². The van der Waals surface area contributed by atoms with Crippen LogP contribution in [0.15, 0.2) is 24.3 Å². The number of likely N-dealkylation sites (N-methyl/N-ethyl adjacent to an activating group) is 1. The molecular weight excluding hydrogens is 272 g/mol. The van der Waals surface area contributed by atoms with E-state index in [1.54, 1.807) is 38.1 Å². The molecular formula is C14H20N4O3. The molecule has 0 atom stereocenters. The van der Waals surface area contributed by atoms with Crippen molar-refractivity contribution in [3.8, 4) is 0 Å². The topological polar surface area (TPSA) is 99.3 Å². The van der Waals surface area contributed by atoms with Crippen LogP contribution in [0.5, 0.6) is 0 Å². The van der Waals surface area contributed by atoms with Gasteiger partial charge in [0.25, 0.3) is 0 Å². The highest BCUT2D eigenvalue weighted by atomic mass is 16.2. The van der Waals surface area contributed by atoms with Gasteiger partial charge >= 0.3 is 6.03 Å². The number of carbonyl (C=O) groups excluding carboxylic acids is 3. The molecule has 21 heavy (non-hydrogen) atoms. The first kappa shape index (κ1) is 16.5. The first-order valence-corrected chi connectivity index (χ1v) is 6.58. The molecule has 0 heterocycles. The average molecular weight is 292 g/mol. The van der Waals surface area contributed by atoms with E-state index in [9.17, 15) is 14.4 Å². The zero-order chi connectivity index (χ0) is 15.8. The molecule has 1 rings (SSSR count). The minimum Gasteiger partial charge on any atom is -0.358 e. The zero-order valence-electron chi connectivity index (χ0n) is 12.3. The molecule has 0 radical (unpaired) electrons. The Balaban J connectivity index is 2.58. The second-order valence-corrected chi connectivity index (χ2v) is 4.71. The van der Waals surface area contributed by atoms with Gasteiger partial charge in [-0.2, -0.15) is 0 Å². The molecule has 1 aromatic rings. The molecule has 7 nitrogen and oxygen atoms in total. The summed E-state index contributed by atoms with van der Waals surface area (Å²) in [5, 5.41) is 10.1. The maximum Gasteiger partial charge on any atom is 0.319 e. The van der Waals surface area contributed by atoms with E-state index in [0.717, 1.165) is 0 Å². The highest BCUT2D eigenvalue weighted by Crippen LogP contribution is 2.15. The van der Waals surface area contributed by atoms with Crippen LogP contribution in [0.2, 0.25) is 0 Å². The lowest BCUT2D eigenvalue weighted by molar-refractivity contribution is -0.120. The van der Waals surface area contributed by atoms with E-state index in [-0.39, 0.29) is 24.3 Å². The normalized spacial score (nSPS) is 9.90. The summed E-state index contributed by atoms with van der Waals surface area (Å²) >= 11 is 0. The monoisotopic (exact) mass is 292 g/mol. The Hall–Kier alpha value is -2.57. The third-order valence-electron chi connectivity index (χ3n) is 2.60. The lowest BCUT2D eigenvalue weighted by atomic mass is 10.2. The van der Waals surface area contributed by atoms with Crippen LogP contribution in [0.25, 0.3) is 0 Å². The quantitative estimate of drug-likeness (QED) is 0.655. The number of benzene rings is 1. The number of hydrogen-bond donors (Lipinski definition) is 4. The fourth-order valence-electron chi connectivity index (χ4n) is 1.39. The van der Waals surface area contributed by atoms with E-state index in [0.29, 0.717) is 11.4 Å². The van der Waals surface area contributed by atoms with Gasteiger partial charge in [0.2, 0.25) is 11.8 Å². The maximum absolute atomic E-state index is 11.6. The molecule has 0 aliphatic heterocycles. The van der Waals surface area contributed by atoms with Gasteiger partial charge in [-0.3, -0.25) is 9.59 Å². The van der Waals surface area contributed by atoms with E-state index in [1.165, 1.54) is 7.05 Å². The highest BCUT2D eigenvalue weighted by Gasteiger charge is 2.08. The summed E-state index contributed by atoms with van der Waals surface area (Å²) in [6.45, 7) is 3.49. The molecule has 0 bridgehead atoms. The summed E-state index contributed by atoms with van der Waals surface area (Å²) in [5.41, 5.74) is 1.11. The predicted octanol–water partition coefficient (Wildman–Crippen LogP) is 1.15. The number of rotatable bonds is 5. The minimum absolute atomic E-state index is 0.101. The number of hydrogen-bond acceptors (Lipinski definition) is 3. The van der Waals surface area contributed by atoms with E-state index in [4.69, 9.17) is 0 Å². The van der Waals surface area contributed by atoms with Crippen LogP contribution in [-0.4, -0.2) is 31.4 Å². The highest BCUT2D eigenvalue weighted by molar-refractivity contribution is 5.95. The van der Waals surface area contributed by atoms with Crippen LogP contribution in [0.3, 0.4) is 0 Å². The summed E-state index contributed by atoms with van der Waals surface area (Å²) < 4.78 is 0. The van der Waals surface area contributed by atoms with Crippen molar-refractivity contribution in [2.24, 2.45) is 5.92 Å². The van der Waals surface area contributed by atoms with Gasteiger partial charge in [0.05, 0.1) is 6.54 Å². The summed E-state index contributed by atoms with van der Waals surface area (Å²) in [7, 11) is 1.49. The average Bonchev–Trinajstić information content (AvgIpc) is 2.44. The number of urea groups is 1. The molecule has 0 aliphatic rings. The molecule has 0 unspecified atom stereocenters. The lowest BCUT2D eigenvalue weighted by Gasteiger charge is -2.10. The fraction of sp³-hybridized carbons (Fsp3) is 0.357. The van der Waals surface area contributed by atoms with Crippen LogP contribution in [0.4, 0.5) is 16.2 Å². The molecule has 114 valence electrons. The lowest BCUT2D eigenvalue weighted by Crippen LogP contribution is -2.37. The summed E-state index contributed by atoms with van der Waals surface area (Å²) in [5.74, 6) is -0.517. The van der Waals surface area contributed by atoms with Gasteiger partial charge in [0.15, 0.2) is 0 Å². The Bertz CT molecular complexity index is 529. The van der Waals surface area contributed by atoms with Gasteiger partial charge < -0.3 is 21.3 Å². The Kier molecular flexibility index (Phi) is 6.19. The standard InChI is InChI=1S/C14H20N4O3/c1-9(2)13(20)17-10-5-4-6-11(7-10)18-14(21)16-8-12(19)15-3/h4-7,9H,8H2,1-3H3,(H,15,19)(H,17,20)(H2,16,18,21). The molecule has 0 spiro atoms. The predicted molar refractivity (Wildman–Crippen MR) is 81.0 cm³/mol. The van der Waals surface area contributed by atoms with Crippen LogP contribution in [0.1, 0.15) is 13.8 Å². The molecule has 0 fully saturated rings. The number of anilines is 2. The molecule has 7 heteroatoms. The third kappa shape index (κ3) is 5.94. The number of carbonyl (C=O) groups is 3. The Morgan fingerprint density at radius 3 is 2.29 bits per heavy atom. The van der Waals surface area contributed by atoms with Crippen molar-refractivity contribution in [1.82, 2.24) is 10.6 Å². The van der Waals surface area contributed by atoms with E-state index >= 15 is 0 Å². The van der Waals surface area contributed by atoms with Crippen LogP contribution in [0, 0.1) is 5.92 Å². The molecule has 0 saturated heterocycles. The van der Waals surface area contributed by atoms with Crippen molar-refractivity contribution in [1.29, 1.82) is 0 Å². The summed E-state index contributed by atoms with van der Waals surface area (Å²) in [6, 6.07) is 6.27. The van der Waals surface area contributed by atoms with Crippen molar-refractivity contribution in [3.05, 3.63) is 24.3 Å². The number of amides is 4. The van der Waals surface area contributed by atoms with E-state index in [1.807, 2.05) is 0 Å². The molecule has 4 amide bonds. The number of nitrogens with one attached hydrogen (secondary N) is 4. The van der Waals surface area contributed by atoms with Gasteiger partial charge in [-0.15, -0.1) is 0 Å². The fourth-order valence-corrected chi connectivity index (χ4v) is 1.39. The first-order valence-electron chi connectivity index (χ1n) is 6.58. The molecule has 0 aliphatic carbocycles. The van der Waals surface area contributed by atoms with Crippen molar-refractivity contribution < 1.29 is 14.4 Å². The zero-order valence-corrected chi connectivity index (χ0v) is 12.3. The smallest absolute Gasteiger partial charge is 0.319 e. The maximum atomic E-state index is 11.6. The van der Waals surface area contributed by atoms with Crippen LogP contribution < -0.4 is 21.3 Å². The van der Waals surface area contributed by atoms with Gasteiger partial charge in [0.1, 0.15) is 0 Å². The third-order valence-corrected chi connectivity index (χ3v) is 2.60. The molecule has 0 aromatic heterocycles. The molecule has 1 aromatic carbocycles. The van der Waals surface area contributed by atoms with E-state index in [2.05, 4.69) is 21.3 Å². The largest absolute Gasteiger partial charge is 0.358 e. The van der Waals surface area contributed by atoms with Gasteiger partial charge in [-0.1, -0.05) is 19.9 Å². The van der Waals surface area contributed by atoms with Crippen molar-refractivity contribution in [2.45, 2.75) is 13.8 Å². The first-order chi connectivity index (χ1) is 9.92. The van der Waals surface area contributed by atoms with E-state index < -0.39 is 6.03 Å². The Labute approximate surface area is 123 Å². The Morgan fingerprint density at radius 1 is 1.10 bits per heavy atom. The SMILES string of the molecule is CNC(=O)CNC(=O)Nc1cccc(NC(=O)C(C)C)c1. The summed E-state index contributed by atoms with van der Waals surface area (Å²) in [6.07, 6.45) is 0. The Morgan fingerprint density at radius 2 is 1.71 bits per heavy atom. The second kappa shape index (κ2) is 7.88. The van der Waals surface area contributed by atoms with Gasteiger partial charge in [-0.05, 0) is 18.2 Å². The van der Waals surface area contributed by atoms with Gasteiger partial charge in [0, 0.05) is 24.3 Å². The van der Waals surface area contributed by atoms with Crippen molar-refractivity contribution in [3.63, 3.8) is 0 Å². The minimum atomic E-state index is -0.495. The molecule has 4 N–H and O–H groups in total. The van der Waals surface area contributed by atoms with Crippen LogP contribution in [-0.2, 0) is 9.59 Å². The van der Waals surface area contributed by atoms with Crippen molar-refractivity contribution >= 4 is 29.2 Å². The van der Waals surface area contributed by atoms with Crippen LogP contribution >= 0.6 is 0 Å². The summed E-state index contributed by atoms with van der Waals surface area (Å²) in [4.78, 5) is 34.2. The second-order valence-electron chi connectivity index (χ2n) is 4.71.